The van der Waals surface area contributed by atoms with Crippen LogP contribution >= 0.6 is 11.8 Å². The Hall–Kier alpha value is -0.450. The highest BCUT2D eigenvalue weighted by molar-refractivity contribution is 7.98. The van der Waals surface area contributed by atoms with Gasteiger partial charge in [0.1, 0.15) is 5.76 Å². The molecule has 0 aliphatic rings. The van der Waals surface area contributed by atoms with Crippen LogP contribution in [0.15, 0.2) is 16.7 Å². The molecule has 0 atom stereocenters. The molecule has 4 heteroatoms. The van der Waals surface area contributed by atoms with Crippen LogP contribution in [0, 0.1) is 0 Å². The Bertz CT molecular complexity index is 288. The summed E-state index contributed by atoms with van der Waals surface area (Å²) in [4.78, 5) is 2.30. The summed E-state index contributed by atoms with van der Waals surface area (Å²) >= 11 is 1.88. The van der Waals surface area contributed by atoms with Crippen molar-refractivity contribution in [2.24, 2.45) is 0 Å². The highest BCUT2D eigenvalue weighted by Gasteiger charge is 2.08. The minimum absolute atomic E-state index is 0.897. The lowest BCUT2D eigenvalue weighted by Gasteiger charge is -2.15. The van der Waals surface area contributed by atoms with Crippen molar-refractivity contribution >= 4 is 11.8 Å². The zero-order chi connectivity index (χ0) is 11.8. The third-order valence-electron chi connectivity index (χ3n) is 2.49. The van der Waals surface area contributed by atoms with Gasteiger partial charge in [0, 0.05) is 24.4 Å². The number of hydrogen-bond acceptors (Lipinski definition) is 4. The number of nitrogens with one attached hydrogen (secondary N) is 1. The average molecular weight is 242 g/mol. The van der Waals surface area contributed by atoms with Crippen molar-refractivity contribution in [3.63, 3.8) is 0 Å². The smallest absolute Gasteiger partial charge is 0.122 e. The molecule has 1 rings (SSSR count). The van der Waals surface area contributed by atoms with Crippen LogP contribution in [0.1, 0.15) is 18.2 Å². The SMILES string of the molecule is CCNCc1ccoc1CN(C)CCSC. The Morgan fingerprint density at radius 1 is 1.50 bits per heavy atom. The second kappa shape index (κ2) is 7.76. The van der Waals surface area contributed by atoms with Gasteiger partial charge in [0.15, 0.2) is 0 Å². The summed E-state index contributed by atoms with van der Waals surface area (Å²) in [6.07, 6.45) is 3.92. The number of rotatable bonds is 8. The average Bonchev–Trinajstić information content (AvgIpc) is 2.71. The van der Waals surface area contributed by atoms with Crippen LogP contribution in [0.4, 0.5) is 0 Å². The molecule has 0 unspecified atom stereocenters. The van der Waals surface area contributed by atoms with Gasteiger partial charge in [-0.25, -0.2) is 0 Å². The topological polar surface area (TPSA) is 28.4 Å². The fourth-order valence-electron chi connectivity index (χ4n) is 1.49. The van der Waals surface area contributed by atoms with Gasteiger partial charge in [0.05, 0.1) is 12.8 Å². The number of furan rings is 1. The zero-order valence-corrected chi connectivity index (χ0v) is 11.3. The second-order valence-electron chi connectivity index (χ2n) is 3.88. The predicted molar refractivity (Wildman–Crippen MR) is 70.8 cm³/mol. The third kappa shape index (κ3) is 4.60. The van der Waals surface area contributed by atoms with Gasteiger partial charge in [-0.15, -0.1) is 0 Å². The molecule has 0 spiro atoms. The molecular weight excluding hydrogens is 220 g/mol. The summed E-state index contributed by atoms with van der Waals surface area (Å²) in [6, 6.07) is 2.06. The van der Waals surface area contributed by atoms with Crippen molar-refractivity contribution < 1.29 is 4.42 Å². The molecule has 1 N–H and O–H groups in total. The lowest BCUT2D eigenvalue weighted by molar-refractivity contribution is 0.309. The van der Waals surface area contributed by atoms with Crippen molar-refractivity contribution in [2.45, 2.75) is 20.0 Å². The predicted octanol–water partition coefficient (Wildman–Crippen LogP) is 2.18. The van der Waals surface area contributed by atoms with E-state index in [-0.39, 0.29) is 0 Å². The normalized spacial score (nSPS) is 11.2. The molecule has 92 valence electrons. The Labute approximate surface area is 103 Å². The van der Waals surface area contributed by atoms with Gasteiger partial charge in [-0.2, -0.15) is 11.8 Å². The Kier molecular flexibility index (Phi) is 6.61. The van der Waals surface area contributed by atoms with Crippen LogP contribution in [-0.2, 0) is 13.1 Å². The highest BCUT2D eigenvalue weighted by Crippen LogP contribution is 2.12. The lowest BCUT2D eigenvalue weighted by atomic mass is 10.2. The maximum Gasteiger partial charge on any atom is 0.122 e. The summed E-state index contributed by atoms with van der Waals surface area (Å²) < 4.78 is 5.52. The fourth-order valence-corrected chi connectivity index (χ4v) is 1.99. The van der Waals surface area contributed by atoms with Crippen LogP contribution in [0.25, 0.3) is 0 Å². The Morgan fingerprint density at radius 3 is 3.00 bits per heavy atom. The van der Waals surface area contributed by atoms with Crippen molar-refractivity contribution in [3.05, 3.63) is 23.7 Å². The molecule has 3 nitrogen and oxygen atoms in total. The molecule has 1 aromatic heterocycles. The molecule has 0 aliphatic heterocycles. The first-order chi connectivity index (χ1) is 7.77. The molecule has 0 aliphatic carbocycles. The first-order valence-corrected chi connectivity index (χ1v) is 7.10. The second-order valence-corrected chi connectivity index (χ2v) is 4.87. The molecule has 16 heavy (non-hydrogen) atoms. The van der Waals surface area contributed by atoms with Crippen LogP contribution in [0.5, 0.6) is 0 Å². The lowest BCUT2D eigenvalue weighted by Crippen LogP contribution is -2.21. The largest absolute Gasteiger partial charge is 0.468 e. The summed E-state index contributed by atoms with van der Waals surface area (Å²) in [5, 5.41) is 3.32. The van der Waals surface area contributed by atoms with Crippen molar-refractivity contribution in [1.82, 2.24) is 10.2 Å². The minimum Gasteiger partial charge on any atom is -0.468 e. The van der Waals surface area contributed by atoms with E-state index in [1.165, 1.54) is 11.3 Å². The molecule has 0 amide bonds. The van der Waals surface area contributed by atoms with Gasteiger partial charge in [-0.05, 0) is 25.9 Å². The monoisotopic (exact) mass is 242 g/mol. The third-order valence-corrected chi connectivity index (χ3v) is 3.08. The van der Waals surface area contributed by atoms with E-state index in [2.05, 4.69) is 36.5 Å². The van der Waals surface area contributed by atoms with E-state index in [9.17, 15) is 0 Å². The number of hydrogen-bond donors (Lipinski definition) is 1. The van der Waals surface area contributed by atoms with Crippen LogP contribution in [0.2, 0.25) is 0 Å². The maximum atomic E-state index is 5.52. The van der Waals surface area contributed by atoms with E-state index in [4.69, 9.17) is 4.42 Å². The van der Waals surface area contributed by atoms with Gasteiger partial charge >= 0.3 is 0 Å². The van der Waals surface area contributed by atoms with E-state index < -0.39 is 0 Å². The van der Waals surface area contributed by atoms with Gasteiger partial charge in [-0.1, -0.05) is 6.92 Å². The summed E-state index contributed by atoms with van der Waals surface area (Å²) in [5.41, 5.74) is 1.28. The summed E-state index contributed by atoms with van der Waals surface area (Å²) in [5.74, 6) is 2.25. The van der Waals surface area contributed by atoms with Crippen molar-refractivity contribution in [1.29, 1.82) is 0 Å². The van der Waals surface area contributed by atoms with E-state index in [0.717, 1.165) is 31.9 Å². The molecule has 0 bridgehead atoms. The molecule has 1 heterocycles. The molecule has 0 aromatic carbocycles. The minimum atomic E-state index is 0.897. The van der Waals surface area contributed by atoms with Gasteiger partial charge in [0.2, 0.25) is 0 Å². The van der Waals surface area contributed by atoms with Crippen LogP contribution in [0.3, 0.4) is 0 Å². The standard InChI is InChI=1S/C12H22N2OS/c1-4-13-9-11-5-7-15-12(11)10-14(2)6-8-16-3/h5,7,13H,4,6,8-10H2,1-3H3. The molecule has 0 saturated heterocycles. The van der Waals surface area contributed by atoms with Gasteiger partial charge < -0.3 is 9.73 Å². The Balaban J connectivity index is 2.42. The summed E-state index contributed by atoms with van der Waals surface area (Å²) in [6.45, 7) is 6.01. The van der Waals surface area contributed by atoms with Crippen molar-refractivity contribution in [2.75, 3.05) is 32.1 Å². The highest BCUT2D eigenvalue weighted by atomic mass is 32.2. The van der Waals surface area contributed by atoms with E-state index in [1.54, 1.807) is 6.26 Å². The first-order valence-electron chi connectivity index (χ1n) is 5.71. The van der Waals surface area contributed by atoms with Crippen molar-refractivity contribution in [3.8, 4) is 0 Å². The van der Waals surface area contributed by atoms with Crippen LogP contribution in [-0.4, -0.2) is 37.0 Å². The molecule has 0 radical (unpaired) electrons. The van der Waals surface area contributed by atoms with E-state index >= 15 is 0 Å². The molecule has 0 fully saturated rings. The van der Waals surface area contributed by atoms with Gasteiger partial charge in [0.25, 0.3) is 0 Å². The quantitative estimate of drug-likeness (QED) is 0.756. The first kappa shape index (κ1) is 13.6. The molecule has 0 saturated carbocycles. The maximum absolute atomic E-state index is 5.52. The molecular formula is C12H22N2OS. The summed E-state index contributed by atoms with van der Waals surface area (Å²) in [7, 11) is 2.13. The number of nitrogens with zero attached hydrogens (tertiary/aromatic N) is 1. The van der Waals surface area contributed by atoms with Gasteiger partial charge in [-0.3, -0.25) is 4.90 Å². The van der Waals surface area contributed by atoms with Crippen LogP contribution < -0.4 is 5.32 Å². The zero-order valence-electron chi connectivity index (χ0n) is 10.5. The van der Waals surface area contributed by atoms with E-state index in [0.29, 0.717) is 0 Å². The molecule has 1 aromatic rings. The fraction of sp³-hybridized carbons (Fsp3) is 0.667. The number of thioether (sulfide) groups is 1. The Morgan fingerprint density at radius 2 is 2.31 bits per heavy atom. The van der Waals surface area contributed by atoms with E-state index in [1.807, 2.05) is 11.8 Å².